The molecule has 126 valence electrons. The number of aliphatic imine (C=N–C) groups is 1. The number of guanidine groups is 1. The van der Waals surface area contributed by atoms with Gasteiger partial charge in [-0.1, -0.05) is 18.2 Å². The maximum Gasteiger partial charge on any atom is 0.188 e. The van der Waals surface area contributed by atoms with E-state index in [1.807, 2.05) is 13.0 Å². The summed E-state index contributed by atoms with van der Waals surface area (Å²) in [6.07, 6.45) is 2.12. The van der Waals surface area contributed by atoms with Crippen molar-refractivity contribution in [3.8, 4) is 0 Å². The van der Waals surface area contributed by atoms with Gasteiger partial charge in [0.1, 0.15) is 0 Å². The molecule has 1 atom stereocenters. The van der Waals surface area contributed by atoms with E-state index in [1.54, 1.807) is 7.11 Å². The van der Waals surface area contributed by atoms with Gasteiger partial charge in [0.15, 0.2) is 5.96 Å². The number of halogens is 1. The van der Waals surface area contributed by atoms with Crippen LogP contribution in [0.3, 0.4) is 0 Å². The summed E-state index contributed by atoms with van der Waals surface area (Å²) >= 11 is 0. The molecule has 0 aromatic heterocycles. The molecule has 22 heavy (non-hydrogen) atoms. The van der Waals surface area contributed by atoms with Crippen molar-refractivity contribution in [3.63, 3.8) is 0 Å². The number of methoxy groups -OCH3 is 1. The molecule has 1 unspecified atom stereocenters. The molecule has 3 N–H and O–H groups in total. The van der Waals surface area contributed by atoms with E-state index in [0.29, 0.717) is 12.6 Å². The first-order chi connectivity index (χ1) is 10.1. The number of benzene rings is 1. The Hall–Kier alpha value is -1.02. The maximum absolute atomic E-state index is 5.81. The van der Waals surface area contributed by atoms with Crippen LogP contribution < -0.4 is 16.0 Å². The van der Waals surface area contributed by atoms with Crippen molar-refractivity contribution in [3.05, 3.63) is 30.3 Å². The number of nitrogens with two attached hydrogens (primary N) is 1. The van der Waals surface area contributed by atoms with E-state index in [0.717, 1.165) is 25.9 Å². The van der Waals surface area contributed by atoms with Crippen molar-refractivity contribution in [2.24, 2.45) is 10.7 Å². The molecule has 1 aromatic carbocycles. The fraction of sp³-hybridized carbons (Fsp3) is 0.562. The Morgan fingerprint density at radius 2 is 2.00 bits per heavy atom. The fourth-order valence-electron chi connectivity index (χ4n) is 2.06. The van der Waals surface area contributed by atoms with Crippen LogP contribution in [0.4, 0.5) is 5.69 Å². The summed E-state index contributed by atoms with van der Waals surface area (Å²) in [5.41, 5.74) is 7.06. The minimum absolute atomic E-state index is 0. The highest BCUT2D eigenvalue weighted by Gasteiger charge is 2.01. The minimum Gasteiger partial charge on any atom is -0.383 e. The zero-order valence-electron chi connectivity index (χ0n) is 13.8. The van der Waals surface area contributed by atoms with Gasteiger partial charge in [-0.3, -0.25) is 4.99 Å². The molecular weight excluding hydrogens is 391 g/mol. The monoisotopic (exact) mass is 420 g/mol. The van der Waals surface area contributed by atoms with E-state index in [9.17, 15) is 0 Å². The summed E-state index contributed by atoms with van der Waals surface area (Å²) in [4.78, 5) is 6.58. The average molecular weight is 420 g/mol. The topological polar surface area (TPSA) is 62.9 Å². The third kappa shape index (κ3) is 9.09. The molecule has 6 heteroatoms. The van der Waals surface area contributed by atoms with Gasteiger partial charge in [0.05, 0.1) is 6.61 Å². The van der Waals surface area contributed by atoms with Crippen LogP contribution in [0.2, 0.25) is 0 Å². The molecule has 0 saturated carbocycles. The van der Waals surface area contributed by atoms with Crippen LogP contribution in [0.5, 0.6) is 0 Å². The summed E-state index contributed by atoms with van der Waals surface area (Å²) in [6, 6.07) is 10.6. The highest BCUT2D eigenvalue weighted by Crippen LogP contribution is 2.11. The van der Waals surface area contributed by atoms with Gasteiger partial charge in [-0.25, -0.2) is 0 Å². The van der Waals surface area contributed by atoms with Crippen LogP contribution in [0.25, 0.3) is 0 Å². The minimum atomic E-state index is 0. The van der Waals surface area contributed by atoms with E-state index >= 15 is 0 Å². The second-order valence-corrected chi connectivity index (χ2v) is 5.23. The number of hydrogen-bond donors (Lipinski definition) is 2. The molecule has 0 radical (unpaired) electrons. The van der Waals surface area contributed by atoms with Crippen molar-refractivity contribution in [1.29, 1.82) is 0 Å². The zero-order valence-corrected chi connectivity index (χ0v) is 16.1. The Kier molecular flexibility index (Phi) is 11.9. The van der Waals surface area contributed by atoms with Gasteiger partial charge in [-0.2, -0.15) is 0 Å². The maximum atomic E-state index is 5.81. The molecule has 0 amide bonds. The number of unbranched alkanes of at least 4 members (excludes halogenated alkanes) is 1. The molecular formula is C16H29IN4O. The van der Waals surface area contributed by atoms with Crippen molar-refractivity contribution in [2.45, 2.75) is 25.8 Å². The lowest BCUT2D eigenvalue weighted by Crippen LogP contribution is -2.40. The quantitative estimate of drug-likeness (QED) is 0.279. The number of hydrogen-bond acceptors (Lipinski definition) is 3. The lowest BCUT2D eigenvalue weighted by molar-refractivity contribution is 0.179. The van der Waals surface area contributed by atoms with E-state index in [1.165, 1.54) is 5.69 Å². The smallest absolute Gasteiger partial charge is 0.188 e. The first kappa shape index (κ1) is 21.0. The largest absolute Gasteiger partial charge is 0.383 e. The standard InChI is InChI=1S/C16H28N4O.HI/c1-14(13-21-3)19-16(17)18-11-7-8-12-20(2)15-9-5-4-6-10-15;/h4-6,9-10,14H,7-8,11-13H2,1-3H3,(H3,17,18,19);1H. The number of ether oxygens (including phenoxy) is 1. The molecule has 0 saturated heterocycles. The number of nitrogens with zero attached hydrogens (tertiary/aromatic N) is 2. The predicted molar refractivity (Wildman–Crippen MR) is 105 cm³/mol. The lowest BCUT2D eigenvalue weighted by Gasteiger charge is -2.18. The average Bonchev–Trinajstić information content (AvgIpc) is 2.47. The van der Waals surface area contributed by atoms with E-state index < -0.39 is 0 Å². The molecule has 0 aliphatic carbocycles. The summed E-state index contributed by atoms with van der Waals surface area (Å²) in [5.74, 6) is 0.496. The summed E-state index contributed by atoms with van der Waals surface area (Å²) in [6.45, 7) is 4.41. The third-order valence-corrected chi connectivity index (χ3v) is 3.19. The lowest BCUT2D eigenvalue weighted by atomic mass is 10.2. The van der Waals surface area contributed by atoms with Crippen LogP contribution in [-0.4, -0.2) is 45.9 Å². The molecule has 0 spiro atoms. The molecule has 0 aliphatic heterocycles. The van der Waals surface area contributed by atoms with Crippen LogP contribution in [0.15, 0.2) is 35.3 Å². The van der Waals surface area contributed by atoms with Crippen LogP contribution in [0.1, 0.15) is 19.8 Å². The molecule has 1 rings (SSSR count). The van der Waals surface area contributed by atoms with E-state index in [4.69, 9.17) is 10.5 Å². The number of nitrogens with one attached hydrogen (secondary N) is 1. The predicted octanol–water partition coefficient (Wildman–Crippen LogP) is 2.46. The second kappa shape index (κ2) is 12.5. The highest BCUT2D eigenvalue weighted by molar-refractivity contribution is 14.0. The van der Waals surface area contributed by atoms with Crippen LogP contribution >= 0.6 is 24.0 Å². The van der Waals surface area contributed by atoms with Gasteiger partial charge >= 0.3 is 0 Å². The molecule has 0 fully saturated rings. The SMILES string of the molecule is COCC(C)NC(N)=NCCCCN(C)c1ccccc1.I. The molecule has 0 bridgehead atoms. The normalized spacial score (nSPS) is 12.4. The highest BCUT2D eigenvalue weighted by atomic mass is 127. The first-order valence-electron chi connectivity index (χ1n) is 7.45. The Balaban J connectivity index is 0.00000441. The Morgan fingerprint density at radius 1 is 1.32 bits per heavy atom. The van der Waals surface area contributed by atoms with Gasteiger partial charge in [0.2, 0.25) is 0 Å². The van der Waals surface area contributed by atoms with Crippen LogP contribution in [-0.2, 0) is 4.74 Å². The van der Waals surface area contributed by atoms with Crippen molar-refractivity contribution in [2.75, 3.05) is 38.8 Å². The van der Waals surface area contributed by atoms with Gasteiger partial charge < -0.3 is 20.7 Å². The summed E-state index contributed by atoms with van der Waals surface area (Å²) < 4.78 is 5.04. The number of para-hydroxylation sites is 1. The van der Waals surface area contributed by atoms with Crippen molar-refractivity contribution < 1.29 is 4.74 Å². The molecule has 0 aliphatic rings. The first-order valence-corrected chi connectivity index (χ1v) is 7.45. The van der Waals surface area contributed by atoms with Gasteiger partial charge in [0, 0.05) is 39.0 Å². The number of rotatable bonds is 9. The molecule has 0 heterocycles. The third-order valence-electron chi connectivity index (χ3n) is 3.19. The van der Waals surface area contributed by atoms with Crippen molar-refractivity contribution >= 4 is 35.6 Å². The summed E-state index contributed by atoms with van der Waals surface area (Å²) in [5, 5.41) is 3.10. The Bertz CT molecular complexity index is 414. The Morgan fingerprint density at radius 3 is 2.64 bits per heavy atom. The second-order valence-electron chi connectivity index (χ2n) is 5.23. The zero-order chi connectivity index (χ0) is 15.5. The van der Waals surface area contributed by atoms with E-state index in [2.05, 4.69) is 46.5 Å². The van der Waals surface area contributed by atoms with Crippen LogP contribution in [0, 0.1) is 0 Å². The number of anilines is 1. The van der Waals surface area contributed by atoms with Crippen molar-refractivity contribution in [1.82, 2.24) is 5.32 Å². The molecule has 1 aromatic rings. The van der Waals surface area contributed by atoms with Gasteiger partial charge in [-0.05, 0) is 31.9 Å². The van der Waals surface area contributed by atoms with Gasteiger partial charge in [0.25, 0.3) is 0 Å². The molecule has 5 nitrogen and oxygen atoms in total. The Labute approximate surface area is 151 Å². The summed E-state index contributed by atoms with van der Waals surface area (Å²) in [7, 11) is 3.79. The fourth-order valence-corrected chi connectivity index (χ4v) is 2.06. The van der Waals surface area contributed by atoms with E-state index in [-0.39, 0.29) is 30.0 Å². The van der Waals surface area contributed by atoms with Gasteiger partial charge in [-0.15, -0.1) is 24.0 Å².